The second-order valence-corrected chi connectivity index (χ2v) is 4.81. The van der Waals surface area contributed by atoms with Crippen LogP contribution in [0.5, 0.6) is 0 Å². The maximum absolute atomic E-state index is 11.5. The molecular weight excluding hydrogens is 226 g/mol. The lowest BCUT2D eigenvalue weighted by Gasteiger charge is -2.40. The van der Waals surface area contributed by atoms with Gasteiger partial charge in [0.05, 0.1) is 5.60 Å². The van der Waals surface area contributed by atoms with Crippen molar-refractivity contribution < 1.29 is 9.53 Å². The zero-order valence-electron chi connectivity index (χ0n) is 10.2. The molecule has 0 bridgehead atoms. The first-order chi connectivity index (χ1) is 7.65. The smallest absolute Gasteiger partial charge is 0.221 e. The molecule has 0 radical (unpaired) electrons. The van der Waals surface area contributed by atoms with Crippen molar-refractivity contribution in [1.82, 2.24) is 5.32 Å². The first kappa shape index (κ1) is 13.8. The van der Waals surface area contributed by atoms with Crippen LogP contribution in [0, 0.1) is 0 Å². The second-order valence-electron chi connectivity index (χ2n) is 4.43. The Bertz CT molecular complexity index is 229. The summed E-state index contributed by atoms with van der Waals surface area (Å²) < 4.78 is 5.86. The molecule has 1 aliphatic heterocycles. The summed E-state index contributed by atoms with van der Waals surface area (Å²) in [5.74, 6) is 0.449. The number of rotatable bonds is 5. The maximum atomic E-state index is 11.5. The lowest BCUT2D eigenvalue weighted by Crippen LogP contribution is -2.48. The van der Waals surface area contributed by atoms with Gasteiger partial charge in [0.1, 0.15) is 0 Å². The van der Waals surface area contributed by atoms with Crippen molar-refractivity contribution >= 4 is 17.5 Å². The lowest BCUT2D eigenvalue weighted by molar-refractivity contribution is -0.125. The molecular formula is C12H22ClNO2. The summed E-state index contributed by atoms with van der Waals surface area (Å²) in [6, 6.07) is 0.254. The van der Waals surface area contributed by atoms with Gasteiger partial charge in [-0.25, -0.2) is 0 Å². The molecule has 1 heterocycles. The molecule has 1 saturated heterocycles. The number of carbonyl (C=O) groups is 1. The average Bonchev–Trinajstić information content (AvgIpc) is 2.29. The highest BCUT2D eigenvalue weighted by atomic mass is 35.5. The molecule has 0 aromatic heterocycles. The highest BCUT2D eigenvalue weighted by Gasteiger charge is 2.34. The van der Waals surface area contributed by atoms with Gasteiger partial charge in [0.25, 0.3) is 0 Å². The van der Waals surface area contributed by atoms with E-state index in [2.05, 4.69) is 19.2 Å². The Morgan fingerprint density at radius 1 is 1.50 bits per heavy atom. The molecule has 0 aromatic rings. The number of carbonyl (C=O) groups excluding carboxylic acids is 1. The molecule has 0 saturated carbocycles. The number of hydrogen-bond donors (Lipinski definition) is 1. The van der Waals surface area contributed by atoms with E-state index in [0.29, 0.717) is 12.3 Å². The van der Waals surface area contributed by atoms with Crippen LogP contribution in [-0.4, -0.2) is 30.0 Å². The molecule has 0 spiro atoms. The summed E-state index contributed by atoms with van der Waals surface area (Å²) in [5, 5.41) is 3.04. The Hall–Kier alpha value is -0.280. The third kappa shape index (κ3) is 3.63. The number of amides is 1. The first-order valence-corrected chi connectivity index (χ1v) is 6.68. The van der Waals surface area contributed by atoms with E-state index < -0.39 is 0 Å². The van der Waals surface area contributed by atoms with Crippen molar-refractivity contribution in [2.24, 2.45) is 0 Å². The molecule has 1 aliphatic rings. The van der Waals surface area contributed by atoms with Crippen molar-refractivity contribution in [3.05, 3.63) is 0 Å². The van der Waals surface area contributed by atoms with Gasteiger partial charge in [-0.05, 0) is 25.7 Å². The van der Waals surface area contributed by atoms with E-state index in [1.54, 1.807) is 0 Å². The molecule has 94 valence electrons. The zero-order chi connectivity index (χ0) is 12.0. The number of ether oxygens (including phenoxy) is 1. The fourth-order valence-corrected chi connectivity index (χ4v) is 2.45. The quantitative estimate of drug-likeness (QED) is 0.758. The van der Waals surface area contributed by atoms with Crippen LogP contribution in [0.15, 0.2) is 0 Å². The standard InChI is InChI=1S/C12H22ClNO2/c1-3-12(4-2)9-10(6-8-16-12)14-11(15)5-7-13/h10H,3-9H2,1-2H3,(H,14,15). The van der Waals surface area contributed by atoms with Crippen LogP contribution >= 0.6 is 11.6 Å². The molecule has 1 N–H and O–H groups in total. The number of nitrogens with one attached hydrogen (secondary N) is 1. The van der Waals surface area contributed by atoms with Crippen molar-refractivity contribution in [2.75, 3.05) is 12.5 Å². The molecule has 1 rings (SSSR count). The Morgan fingerprint density at radius 2 is 2.19 bits per heavy atom. The molecule has 3 nitrogen and oxygen atoms in total. The van der Waals surface area contributed by atoms with Crippen LogP contribution < -0.4 is 5.32 Å². The van der Waals surface area contributed by atoms with Gasteiger partial charge in [-0.1, -0.05) is 13.8 Å². The number of halogens is 1. The molecule has 1 amide bonds. The van der Waals surface area contributed by atoms with E-state index in [-0.39, 0.29) is 17.6 Å². The van der Waals surface area contributed by atoms with E-state index in [1.807, 2.05) is 0 Å². The van der Waals surface area contributed by atoms with Crippen LogP contribution in [-0.2, 0) is 9.53 Å². The van der Waals surface area contributed by atoms with Gasteiger partial charge in [-0.2, -0.15) is 0 Å². The minimum atomic E-state index is -0.0306. The molecule has 1 fully saturated rings. The van der Waals surface area contributed by atoms with Gasteiger partial charge in [0.15, 0.2) is 0 Å². The van der Waals surface area contributed by atoms with Crippen molar-refractivity contribution in [3.8, 4) is 0 Å². The van der Waals surface area contributed by atoms with Crippen molar-refractivity contribution in [1.29, 1.82) is 0 Å². The second kappa shape index (κ2) is 6.45. The van der Waals surface area contributed by atoms with Crippen LogP contribution in [0.2, 0.25) is 0 Å². The zero-order valence-corrected chi connectivity index (χ0v) is 11.0. The van der Waals surface area contributed by atoms with Gasteiger partial charge >= 0.3 is 0 Å². The third-order valence-corrected chi connectivity index (χ3v) is 3.66. The summed E-state index contributed by atoms with van der Waals surface area (Å²) in [5.41, 5.74) is -0.0306. The normalized spacial score (nSPS) is 24.1. The summed E-state index contributed by atoms with van der Waals surface area (Å²) >= 11 is 5.54. The molecule has 16 heavy (non-hydrogen) atoms. The van der Waals surface area contributed by atoms with Crippen LogP contribution in [0.3, 0.4) is 0 Å². The van der Waals surface area contributed by atoms with E-state index in [9.17, 15) is 4.79 Å². The van der Waals surface area contributed by atoms with Crippen LogP contribution in [0.1, 0.15) is 46.0 Å². The van der Waals surface area contributed by atoms with Crippen LogP contribution in [0.25, 0.3) is 0 Å². The van der Waals surface area contributed by atoms with Gasteiger partial charge in [0, 0.05) is 24.9 Å². The minimum Gasteiger partial charge on any atom is -0.375 e. The summed E-state index contributed by atoms with van der Waals surface area (Å²) in [7, 11) is 0. The Kier molecular flexibility index (Phi) is 5.56. The maximum Gasteiger partial charge on any atom is 0.221 e. The largest absolute Gasteiger partial charge is 0.375 e. The minimum absolute atomic E-state index is 0.0306. The summed E-state index contributed by atoms with van der Waals surface area (Å²) in [4.78, 5) is 11.5. The molecule has 1 unspecified atom stereocenters. The Balaban J connectivity index is 2.47. The Labute approximate surface area is 103 Å². The van der Waals surface area contributed by atoms with E-state index >= 15 is 0 Å². The lowest BCUT2D eigenvalue weighted by atomic mass is 9.86. The number of alkyl halides is 1. The van der Waals surface area contributed by atoms with Gasteiger partial charge in [0.2, 0.25) is 5.91 Å². The van der Waals surface area contributed by atoms with E-state index in [1.165, 1.54) is 0 Å². The van der Waals surface area contributed by atoms with E-state index in [4.69, 9.17) is 16.3 Å². The highest BCUT2D eigenvalue weighted by Crippen LogP contribution is 2.31. The topological polar surface area (TPSA) is 38.3 Å². The highest BCUT2D eigenvalue weighted by molar-refractivity contribution is 6.18. The molecule has 0 aliphatic carbocycles. The van der Waals surface area contributed by atoms with Crippen molar-refractivity contribution in [3.63, 3.8) is 0 Å². The van der Waals surface area contributed by atoms with Gasteiger partial charge in [-0.15, -0.1) is 11.6 Å². The fraction of sp³-hybridized carbons (Fsp3) is 0.917. The average molecular weight is 248 g/mol. The van der Waals surface area contributed by atoms with Gasteiger partial charge < -0.3 is 10.1 Å². The predicted octanol–water partition coefficient (Wildman–Crippen LogP) is 2.47. The SMILES string of the molecule is CCC1(CC)CC(NC(=O)CCCl)CCO1. The van der Waals surface area contributed by atoms with Crippen LogP contribution in [0.4, 0.5) is 0 Å². The predicted molar refractivity (Wildman–Crippen MR) is 65.8 cm³/mol. The number of hydrogen-bond acceptors (Lipinski definition) is 2. The monoisotopic (exact) mass is 247 g/mol. The molecule has 4 heteroatoms. The van der Waals surface area contributed by atoms with Crippen molar-refractivity contribution in [2.45, 2.75) is 57.6 Å². The fourth-order valence-electron chi connectivity index (χ4n) is 2.28. The summed E-state index contributed by atoms with van der Waals surface area (Å²) in [6.07, 6.45) is 4.25. The first-order valence-electron chi connectivity index (χ1n) is 6.15. The Morgan fingerprint density at radius 3 is 2.75 bits per heavy atom. The van der Waals surface area contributed by atoms with Gasteiger partial charge in [-0.3, -0.25) is 4.79 Å². The summed E-state index contributed by atoms with van der Waals surface area (Å²) in [6.45, 7) is 5.03. The molecule has 0 aromatic carbocycles. The van der Waals surface area contributed by atoms with E-state index in [0.717, 1.165) is 32.3 Å². The molecule has 1 atom stereocenters. The third-order valence-electron chi connectivity index (χ3n) is 3.47.